The average molecular weight is 424 g/mol. The number of carbonyl (C=O) groups excluding carboxylic acids is 1. The minimum atomic E-state index is -0.392. The molecule has 2 aromatic heterocycles. The van der Waals surface area contributed by atoms with Crippen molar-refractivity contribution < 1.29 is 9.72 Å². The van der Waals surface area contributed by atoms with Crippen molar-refractivity contribution in [2.45, 2.75) is 6.54 Å². The Morgan fingerprint density at radius 1 is 1.23 bits per heavy atom. The Hall–Kier alpha value is -3.37. The van der Waals surface area contributed by atoms with Crippen LogP contribution in [0.4, 0.5) is 10.8 Å². The molecule has 2 N–H and O–H groups in total. The van der Waals surface area contributed by atoms with E-state index in [-0.39, 0.29) is 10.9 Å². The molecule has 4 rings (SSSR count). The Morgan fingerprint density at radius 2 is 2.10 bits per heavy atom. The van der Waals surface area contributed by atoms with Gasteiger partial charge in [-0.25, -0.2) is 9.97 Å². The first-order chi connectivity index (χ1) is 14.5. The fourth-order valence-electron chi connectivity index (χ4n) is 3.37. The molecular weight excluding hydrogens is 404 g/mol. The molecule has 0 aliphatic carbocycles. The number of amides is 1. The second-order valence-electron chi connectivity index (χ2n) is 7.00. The zero-order valence-corrected chi connectivity index (χ0v) is 16.9. The Balaban J connectivity index is 1.32. The van der Waals surface area contributed by atoms with E-state index in [1.807, 2.05) is 35.3 Å². The maximum absolute atomic E-state index is 12.6. The average Bonchev–Trinajstić information content (AvgIpc) is 3.19. The van der Waals surface area contributed by atoms with E-state index >= 15 is 0 Å². The zero-order valence-electron chi connectivity index (χ0n) is 16.1. The number of benzene rings is 1. The van der Waals surface area contributed by atoms with Crippen LogP contribution in [0.3, 0.4) is 0 Å². The van der Waals surface area contributed by atoms with Crippen molar-refractivity contribution in [1.29, 1.82) is 0 Å². The third-order valence-corrected chi connectivity index (χ3v) is 5.94. The number of aromatic nitrogens is 2. The van der Waals surface area contributed by atoms with E-state index in [9.17, 15) is 14.9 Å². The van der Waals surface area contributed by atoms with E-state index in [4.69, 9.17) is 5.73 Å². The molecule has 0 unspecified atom stereocenters. The predicted molar refractivity (Wildman–Crippen MR) is 116 cm³/mol. The largest absolute Gasteiger partial charge is 0.383 e. The van der Waals surface area contributed by atoms with E-state index in [1.54, 1.807) is 6.07 Å². The number of carbonyl (C=O) groups is 1. The van der Waals surface area contributed by atoms with Crippen LogP contribution in [0.25, 0.3) is 17.0 Å². The van der Waals surface area contributed by atoms with Crippen LogP contribution in [-0.2, 0) is 11.3 Å². The van der Waals surface area contributed by atoms with Gasteiger partial charge >= 0.3 is 5.00 Å². The summed E-state index contributed by atoms with van der Waals surface area (Å²) >= 11 is 1.13. The summed E-state index contributed by atoms with van der Waals surface area (Å²) in [5.41, 5.74) is 7.63. The highest BCUT2D eigenvalue weighted by atomic mass is 32.1. The van der Waals surface area contributed by atoms with E-state index < -0.39 is 4.92 Å². The minimum absolute atomic E-state index is 0.0729. The van der Waals surface area contributed by atoms with Gasteiger partial charge < -0.3 is 10.6 Å². The lowest BCUT2D eigenvalue weighted by atomic mass is 10.1. The molecule has 10 heteroatoms. The van der Waals surface area contributed by atoms with Crippen molar-refractivity contribution in [3.8, 4) is 0 Å². The van der Waals surface area contributed by atoms with Gasteiger partial charge in [0.05, 0.1) is 17.0 Å². The van der Waals surface area contributed by atoms with Crippen LogP contribution in [0, 0.1) is 10.1 Å². The molecule has 0 saturated carbocycles. The zero-order chi connectivity index (χ0) is 21.1. The Labute approximate surface area is 176 Å². The van der Waals surface area contributed by atoms with Gasteiger partial charge in [0.2, 0.25) is 5.91 Å². The van der Waals surface area contributed by atoms with Gasteiger partial charge in [-0.2, -0.15) is 0 Å². The normalized spacial score (nSPS) is 15.3. The second-order valence-corrected chi connectivity index (χ2v) is 8.09. The molecule has 154 valence electrons. The van der Waals surface area contributed by atoms with Gasteiger partial charge in [0, 0.05) is 42.5 Å². The van der Waals surface area contributed by atoms with Crippen LogP contribution >= 0.6 is 11.3 Å². The maximum Gasteiger partial charge on any atom is 0.324 e. The molecule has 9 nitrogen and oxygen atoms in total. The van der Waals surface area contributed by atoms with Gasteiger partial charge in [-0.3, -0.25) is 19.8 Å². The summed E-state index contributed by atoms with van der Waals surface area (Å²) in [6.07, 6.45) is 5.23. The van der Waals surface area contributed by atoms with Gasteiger partial charge in [-0.05, 0) is 29.8 Å². The lowest BCUT2D eigenvalue weighted by Gasteiger charge is -2.33. The van der Waals surface area contributed by atoms with Crippen molar-refractivity contribution in [2.24, 2.45) is 0 Å². The summed E-state index contributed by atoms with van der Waals surface area (Å²) in [5, 5.41) is 11.7. The number of rotatable bonds is 6. The van der Waals surface area contributed by atoms with Crippen LogP contribution in [0.2, 0.25) is 0 Å². The fourth-order valence-corrected chi connectivity index (χ4v) is 4.12. The summed E-state index contributed by atoms with van der Waals surface area (Å²) in [4.78, 5) is 35.9. The number of hydrogen-bond donors (Lipinski definition) is 1. The highest BCUT2D eigenvalue weighted by molar-refractivity contribution is 7.16. The molecule has 3 aromatic rings. The number of nitrogen functional groups attached to an aromatic ring is 1. The van der Waals surface area contributed by atoms with Crippen molar-refractivity contribution in [1.82, 2.24) is 19.8 Å². The summed E-state index contributed by atoms with van der Waals surface area (Å²) in [6.45, 7) is 2.90. The molecule has 1 fully saturated rings. The molecule has 3 heterocycles. The molecule has 1 aromatic carbocycles. The van der Waals surface area contributed by atoms with Crippen molar-refractivity contribution in [3.63, 3.8) is 0 Å². The van der Waals surface area contributed by atoms with Crippen LogP contribution in [0.15, 0.2) is 42.7 Å². The molecule has 0 spiro atoms. The number of fused-ring (bicyclic) bond motifs is 1. The topological polar surface area (TPSA) is 118 Å². The van der Waals surface area contributed by atoms with E-state index in [0.29, 0.717) is 32.0 Å². The smallest absolute Gasteiger partial charge is 0.324 e. The van der Waals surface area contributed by atoms with Gasteiger partial charge in [-0.1, -0.05) is 23.5 Å². The molecule has 1 aliphatic rings. The summed E-state index contributed by atoms with van der Waals surface area (Å²) in [5.74, 6) is 0.519. The third kappa shape index (κ3) is 4.44. The van der Waals surface area contributed by atoms with Crippen molar-refractivity contribution >= 4 is 45.0 Å². The first-order valence-electron chi connectivity index (χ1n) is 9.39. The lowest BCUT2D eigenvalue weighted by molar-refractivity contribution is -0.380. The minimum Gasteiger partial charge on any atom is -0.383 e. The molecule has 30 heavy (non-hydrogen) atoms. The molecular formula is C20H20N6O3S. The molecule has 1 amide bonds. The predicted octanol–water partition coefficient (Wildman–Crippen LogP) is 2.54. The quantitative estimate of drug-likeness (QED) is 0.477. The molecule has 0 bridgehead atoms. The highest BCUT2D eigenvalue weighted by Gasteiger charge is 2.23. The van der Waals surface area contributed by atoms with Crippen LogP contribution in [0.5, 0.6) is 0 Å². The number of nitrogens with zero attached hydrogens (tertiary/aromatic N) is 5. The van der Waals surface area contributed by atoms with Gasteiger partial charge in [-0.15, -0.1) is 0 Å². The number of piperazine rings is 1. The standard InChI is InChI=1S/C20H20N6O3S/c21-20-16-5-3-14(10-17(16)22-13-23-20)11-25-9-8-24(12-18(25)27)7-1-2-15-4-6-19(30-15)26(28)29/h1-6,10,13H,7-9,11-12H2,(H2,21,22,23)/b2-1+. The first kappa shape index (κ1) is 19.9. The van der Waals surface area contributed by atoms with Crippen LogP contribution < -0.4 is 5.73 Å². The van der Waals surface area contributed by atoms with E-state index in [2.05, 4.69) is 14.9 Å². The van der Waals surface area contributed by atoms with E-state index in [1.165, 1.54) is 12.4 Å². The SMILES string of the molecule is Nc1ncnc2cc(CN3CCN(C/C=C/c4ccc([N+](=O)[O-])s4)CC3=O)ccc12. The highest BCUT2D eigenvalue weighted by Crippen LogP contribution is 2.25. The number of hydrogen-bond acceptors (Lipinski definition) is 8. The summed E-state index contributed by atoms with van der Waals surface area (Å²) in [7, 11) is 0. The lowest BCUT2D eigenvalue weighted by Crippen LogP contribution is -2.49. The number of thiophene rings is 1. The van der Waals surface area contributed by atoms with Gasteiger partial charge in [0.25, 0.3) is 0 Å². The monoisotopic (exact) mass is 424 g/mol. The van der Waals surface area contributed by atoms with Crippen molar-refractivity contribution in [2.75, 3.05) is 31.9 Å². The van der Waals surface area contributed by atoms with E-state index in [0.717, 1.165) is 39.2 Å². The number of nitrogens with two attached hydrogens (primary N) is 1. The summed E-state index contributed by atoms with van der Waals surface area (Å²) in [6, 6.07) is 9.01. The van der Waals surface area contributed by atoms with Crippen LogP contribution in [-0.4, -0.2) is 56.8 Å². The number of nitro groups is 1. The Bertz CT molecular complexity index is 1130. The second kappa shape index (κ2) is 8.56. The number of anilines is 1. The molecule has 1 aliphatic heterocycles. The fraction of sp³-hybridized carbons (Fsp3) is 0.250. The molecule has 0 atom stereocenters. The third-order valence-electron chi connectivity index (χ3n) is 4.94. The molecule has 0 radical (unpaired) electrons. The van der Waals surface area contributed by atoms with Crippen molar-refractivity contribution in [3.05, 3.63) is 63.3 Å². The first-order valence-corrected chi connectivity index (χ1v) is 10.2. The van der Waals surface area contributed by atoms with Gasteiger partial charge in [0.15, 0.2) is 0 Å². The van der Waals surface area contributed by atoms with Crippen LogP contribution in [0.1, 0.15) is 10.4 Å². The maximum atomic E-state index is 12.6. The molecule has 1 saturated heterocycles. The summed E-state index contributed by atoms with van der Waals surface area (Å²) < 4.78 is 0. The Morgan fingerprint density at radius 3 is 2.87 bits per heavy atom. The van der Waals surface area contributed by atoms with Gasteiger partial charge in [0.1, 0.15) is 12.1 Å². The Kier molecular flexibility index (Phi) is 5.68.